The highest BCUT2D eigenvalue weighted by Crippen LogP contribution is 2.27. The van der Waals surface area contributed by atoms with E-state index in [2.05, 4.69) is 25.9 Å². The maximum atomic E-state index is 10.6. The van der Waals surface area contributed by atoms with Gasteiger partial charge in [-0.25, -0.2) is 14.6 Å². The maximum Gasteiger partial charge on any atom is 0.490 e. The molecule has 1 aliphatic heterocycles. The second-order valence-corrected chi connectivity index (χ2v) is 7.54. The molecule has 0 aliphatic carbocycles. The van der Waals surface area contributed by atoms with Crippen molar-refractivity contribution in [1.29, 1.82) is 0 Å². The third-order valence-electron chi connectivity index (χ3n) is 4.14. The van der Waals surface area contributed by atoms with Crippen LogP contribution in [0.4, 0.5) is 55.2 Å². The molecule has 17 heteroatoms. The predicted molar refractivity (Wildman–Crippen MR) is 128 cm³/mol. The van der Waals surface area contributed by atoms with Crippen molar-refractivity contribution in [2.24, 2.45) is 0 Å². The Morgan fingerprint density at radius 1 is 0.872 bits per heavy atom. The minimum atomic E-state index is -5.08. The van der Waals surface area contributed by atoms with Crippen molar-refractivity contribution in [3.63, 3.8) is 0 Å². The van der Waals surface area contributed by atoms with Crippen molar-refractivity contribution >= 4 is 52.4 Å². The van der Waals surface area contributed by atoms with Crippen LogP contribution in [0.1, 0.15) is 0 Å². The molecule has 2 aromatic carbocycles. The summed E-state index contributed by atoms with van der Waals surface area (Å²) in [6, 6.07) is 15.6. The number of nitrogens with zero attached hydrogens (tertiary/aromatic N) is 2. The van der Waals surface area contributed by atoms with Crippen LogP contribution in [0, 0.1) is 0 Å². The summed E-state index contributed by atoms with van der Waals surface area (Å²) in [5, 5.41) is 24.4. The molecule has 10 nitrogen and oxygen atoms in total. The summed E-state index contributed by atoms with van der Waals surface area (Å²) in [6.07, 6.45) is -8.60. The summed E-state index contributed by atoms with van der Waals surface area (Å²) in [6.45, 7) is 1.24. The fourth-order valence-electron chi connectivity index (χ4n) is 2.52. The predicted octanol–water partition coefficient (Wildman–Crippen LogP) is 5.69. The van der Waals surface area contributed by atoms with Crippen LogP contribution >= 0.6 is 11.6 Å². The van der Waals surface area contributed by atoms with Crippen LogP contribution in [0.25, 0.3) is 0 Å². The van der Waals surface area contributed by atoms with Gasteiger partial charge in [0.2, 0.25) is 5.95 Å². The van der Waals surface area contributed by atoms with Gasteiger partial charge in [0.1, 0.15) is 17.4 Å². The van der Waals surface area contributed by atoms with Crippen LogP contribution in [-0.2, 0) is 9.59 Å². The minimum Gasteiger partial charge on any atom is -0.492 e. The smallest absolute Gasteiger partial charge is 0.490 e. The molecular formula is C22H18ClF6N5O5. The van der Waals surface area contributed by atoms with Gasteiger partial charge in [0.15, 0.2) is 5.82 Å². The lowest BCUT2D eigenvalue weighted by molar-refractivity contribution is -0.193. The molecule has 6 bridgehead atoms. The lowest BCUT2D eigenvalue weighted by Crippen LogP contribution is -2.21. The number of aliphatic carboxylic acids is 2. The molecule has 1 aromatic heterocycles. The number of alkyl halides is 6. The summed E-state index contributed by atoms with van der Waals surface area (Å²) in [7, 11) is 0. The van der Waals surface area contributed by atoms with Crippen molar-refractivity contribution < 1.29 is 50.9 Å². The Hall–Kier alpha value is -4.47. The first-order chi connectivity index (χ1) is 18.1. The van der Waals surface area contributed by atoms with Crippen molar-refractivity contribution in [2.75, 3.05) is 29.1 Å². The maximum absolute atomic E-state index is 10.6. The highest BCUT2D eigenvalue weighted by Gasteiger charge is 2.38. The van der Waals surface area contributed by atoms with E-state index in [0.717, 1.165) is 22.8 Å². The average Bonchev–Trinajstić information content (AvgIpc) is 2.84. The standard InChI is InChI=1S/C18H16ClN5O.2C2HF3O2/c19-16-11-21-18-23-14-5-2-6-15(10-14)25-8-7-20-12-3-1-4-13(9-12)22-17(16)24-18;2*3-2(4,5)1(6)7/h1-6,9-11,20H,7-8H2,(H2,21,22,23,24);2*(H,6,7). The number of aromatic nitrogens is 2. The van der Waals surface area contributed by atoms with Gasteiger partial charge < -0.3 is 30.9 Å². The molecule has 0 spiro atoms. The Balaban J connectivity index is 0.000000317. The third kappa shape index (κ3) is 10.8. The lowest BCUT2D eigenvalue weighted by atomic mass is 10.2. The van der Waals surface area contributed by atoms with E-state index in [0.29, 0.717) is 29.9 Å². The first-order valence-electron chi connectivity index (χ1n) is 10.4. The van der Waals surface area contributed by atoms with Crippen molar-refractivity contribution in [3.05, 3.63) is 59.8 Å². The van der Waals surface area contributed by atoms with Gasteiger partial charge in [-0.1, -0.05) is 23.7 Å². The molecule has 1 aliphatic rings. The van der Waals surface area contributed by atoms with Crippen LogP contribution in [0.15, 0.2) is 54.7 Å². The highest BCUT2D eigenvalue weighted by atomic mass is 35.5. The molecule has 2 heterocycles. The summed E-state index contributed by atoms with van der Waals surface area (Å²) >= 11 is 6.23. The van der Waals surface area contributed by atoms with Gasteiger partial charge in [0, 0.05) is 29.7 Å². The molecule has 0 fully saturated rings. The van der Waals surface area contributed by atoms with Crippen LogP contribution in [0.2, 0.25) is 5.02 Å². The SMILES string of the molecule is Clc1cnc2nc1Nc1cccc(c1)NCCOc1cccc(c1)N2.O=C(O)C(F)(F)F.O=C(O)C(F)(F)F. The molecular weight excluding hydrogens is 564 g/mol. The molecule has 210 valence electrons. The number of carboxylic acids is 2. The number of carbonyl (C=O) groups is 2. The molecule has 0 saturated heterocycles. The van der Waals surface area contributed by atoms with Gasteiger partial charge in [0.25, 0.3) is 0 Å². The molecule has 0 radical (unpaired) electrons. The van der Waals surface area contributed by atoms with Gasteiger partial charge in [0.05, 0.1) is 6.20 Å². The number of carboxylic acid groups (broad SMARTS) is 2. The fraction of sp³-hybridized carbons (Fsp3) is 0.182. The molecule has 0 saturated carbocycles. The van der Waals surface area contributed by atoms with E-state index >= 15 is 0 Å². The molecule has 0 unspecified atom stereocenters. The third-order valence-corrected chi connectivity index (χ3v) is 4.42. The van der Waals surface area contributed by atoms with Gasteiger partial charge >= 0.3 is 24.3 Å². The fourth-order valence-corrected chi connectivity index (χ4v) is 2.65. The average molecular weight is 582 g/mol. The van der Waals surface area contributed by atoms with E-state index in [1.807, 2.05) is 48.5 Å². The minimum absolute atomic E-state index is 0.449. The molecule has 0 atom stereocenters. The van der Waals surface area contributed by atoms with E-state index in [1.54, 1.807) is 6.20 Å². The number of anilines is 5. The first-order valence-corrected chi connectivity index (χ1v) is 10.8. The monoisotopic (exact) mass is 581 g/mol. The first kappa shape index (κ1) is 30.8. The van der Waals surface area contributed by atoms with E-state index < -0.39 is 24.3 Å². The van der Waals surface area contributed by atoms with Crippen LogP contribution in [0.3, 0.4) is 0 Å². The Morgan fingerprint density at radius 2 is 1.41 bits per heavy atom. The van der Waals surface area contributed by atoms with Gasteiger partial charge in [-0.15, -0.1) is 0 Å². The number of nitrogens with one attached hydrogen (secondary N) is 3. The van der Waals surface area contributed by atoms with E-state index in [9.17, 15) is 26.3 Å². The Morgan fingerprint density at radius 3 is 2.00 bits per heavy atom. The number of hydrogen-bond donors (Lipinski definition) is 5. The molecule has 5 N–H and O–H groups in total. The van der Waals surface area contributed by atoms with Crippen LogP contribution < -0.4 is 20.7 Å². The van der Waals surface area contributed by atoms with Gasteiger partial charge in [-0.3, -0.25) is 0 Å². The Bertz CT molecular complexity index is 1270. The summed E-state index contributed by atoms with van der Waals surface area (Å²) in [4.78, 5) is 26.5. The zero-order valence-electron chi connectivity index (χ0n) is 19.3. The Kier molecular flexibility index (Phi) is 10.5. The van der Waals surface area contributed by atoms with E-state index in [-0.39, 0.29) is 0 Å². The van der Waals surface area contributed by atoms with E-state index in [4.69, 9.17) is 36.1 Å². The zero-order chi connectivity index (χ0) is 29.2. The number of halogens is 7. The number of fused-ring (bicyclic) bond motifs is 6. The second kappa shape index (κ2) is 13.4. The number of benzene rings is 2. The van der Waals surface area contributed by atoms with Gasteiger partial charge in [-0.05, 0) is 30.3 Å². The Labute approximate surface area is 220 Å². The van der Waals surface area contributed by atoms with Crippen LogP contribution in [-0.4, -0.2) is 57.6 Å². The largest absolute Gasteiger partial charge is 0.492 e. The number of rotatable bonds is 0. The van der Waals surface area contributed by atoms with Crippen molar-refractivity contribution in [1.82, 2.24) is 9.97 Å². The van der Waals surface area contributed by atoms with Crippen LogP contribution in [0.5, 0.6) is 5.75 Å². The molecule has 3 aromatic rings. The normalized spacial score (nSPS) is 12.5. The molecule has 0 amide bonds. The highest BCUT2D eigenvalue weighted by molar-refractivity contribution is 6.32. The lowest BCUT2D eigenvalue weighted by Gasteiger charge is -2.11. The quantitative estimate of drug-likeness (QED) is 0.210. The number of ether oxygens (including phenoxy) is 1. The number of hydrogen-bond acceptors (Lipinski definition) is 8. The van der Waals surface area contributed by atoms with Crippen molar-refractivity contribution in [2.45, 2.75) is 12.4 Å². The van der Waals surface area contributed by atoms with Crippen molar-refractivity contribution in [3.8, 4) is 5.75 Å². The summed E-state index contributed by atoms with van der Waals surface area (Å²) in [5.41, 5.74) is 2.71. The zero-order valence-corrected chi connectivity index (χ0v) is 20.0. The summed E-state index contributed by atoms with van der Waals surface area (Å²) < 4.78 is 69.3. The van der Waals surface area contributed by atoms with E-state index in [1.165, 1.54) is 0 Å². The molecule has 39 heavy (non-hydrogen) atoms. The molecule has 4 rings (SSSR count). The topological polar surface area (TPSA) is 146 Å². The summed E-state index contributed by atoms with van der Waals surface area (Å²) in [5.74, 6) is -3.74. The van der Waals surface area contributed by atoms with Gasteiger partial charge in [-0.2, -0.15) is 31.3 Å². The second-order valence-electron chi connectivity index (χ2n) is 7.13.